The summed E-state index contributed by atoms with van der Waals surface area (Å²) in [5, 5.41) is 3.04. The molecule has 0 aromatic heterocycles. The summed E-state index contributed by atoms with van der Waals surface area (Å²) in [6.45, 7) is 10.1. The number of carbonyl (C=O) groups is 1. The molecule has 0 heterocycles. The number of hydrogen-bond donors (Lipinski definition) is 1. The van der Waals surface area contributed by atoms with E-state index in [2.05, 4.69) is 19.2 Å². The Morgan fingerprint density at radius 2 is 1.82 bits per heavy atom. The predicted octanol–water partition coefficient (Wildman–Crippen LogP) is 3.19. The molecule has 1 unspecified atom stereocenters. The highest BCUT2D eigenvalue weighted by atomic mass is 16.2. The second-order valence-electron chi connectivity index (χ2n) is 5.27. The van der Waals surface area contributed by atoms with Gasteiger partial charge in [0, 0.05) is 6.04 Å². The zero-order chi connectivity index (χ0) is 13.1. The van der Waals surface area contributed by atoms with E-state index < -0.39 is 5.41 Å². The Kier molecular flexibility index (Phi) is 4.33. The highest BCUT2D eigenvalue weighted by molar-refractivity contribution is 5.87. The van der Waals surface area contributed by atoms with E-state index >= 15 is 0 Å². The average molecular weight is 233 g/mol. The van der Waals surface area contributed by atoms with Gasteiger partial charge >= 0.3 is 0 Å². The smallest absolute Gasteiger partial charge is 0.230 e. The van der Waals surface area contributed by atoms with Crippen molar-refractivity contribution in [1.82, 2.24) is 5.32 Å². The zero-order valence-corrected chi connectivity index (χ0v) is 11.5. The lowest BCUT2D eigenvalue weighted by atomic mass is 9.83. The van der Waals surface area contributed by atoms with Crippen LogP contribution in [-0.2, 0) is 10.2 Å². The van der Waals surface area contributed by atoms with Gasteiger partial charge in [0.05, 0.1) is 5.41 Å². The Labute approximate surface area is 104 Å². The maximum atomic E-state index is 12.2. The van der Waals surface area contributed by atoms with E-state index in [4.69, 9.17) is 0 Å². The number of hydrogen-bond acceptors (Lipinski definition) is 1. The SMILES string of the molecule is CCC(C)NC(=O)C(C)(C)c1ccc(C)cc1. The molecule has 0 aliphatic carbocycles. The van der Waals surface area contributed by atoms with Crippen LogP contribution in [0.3, 0.4) is 0 Å². The lowest BCUT2D eigenvalue weighted by molar-refractivity contribution is -0.126. The van der Waals surface area contributed by atoms with Gasteiger partial charge in [-0.3, -0.25) is 4.79 Å². The molecule has 1 aromatic rings. The molecule has 94 valence electrons. The topological polar surface area (TPSA) is 29.1 Å². The quantitative estimate of drug-likeness (QED) is 0.850. The third kappa shape index (κ3) is 3.32. The number of nitrogens with one attached hydrogen (secondary N) is 1. The van der Waals surface area contributed by atoms with Gasteiger partial charge in [-0.25, -0.2) is 0 Å². The van der Waals surface area contributed by atoms with Gasteiger partial charge in [0.25, 0.3) is 0 Å². The van der Waals surface area contributed by atoms with E-state index in [1.54, 1.807) is 0 Å². The summed E-state index contributed by atoms with van der Waals surface area (Å²) in [5.41, 5.74) is 1.80. The summed E-state index contributed by atoms with van der Waals surface area (Å²) in [7, 11) is 0. The molecule has 0 aliphatic heterocycles. The number of carbonyl (C=O) groups excluding carboxylic acids is 1. The van der Waals surface area contributed by atoms with E-state index in [0.717, 1.165) is 12.0 Å². The summed E-state index contributed by atoms with van der Waals surface area (Å²) in [6.07, 6.45) is 0.954. The molecule has 2 heteroatoms. The summed E-state index contributed by atoms with van der Waals surface area (Å²) in [4.78, 5) is 12.2. The molecule has 0 aliphatic rings. The van der Waals surface area contributed by atoms with Gasteiger partial charge in [-0.2, -0.15) is 0 Å². The van der Waals surface area contributed by atoms with E-state index in [0.29, 0.717) is 0 Å². The van der Waals surface area contributed by atoms with E-state index in [-0.39, 0.29) is 11.9 Å². The molecule has 2 nitrogen and oxygen atoms in total. The summed E-state index contributed by atoms with van der Waals surface area (Å²) < 4.78 is 0. The minimum absolute atomic E-state index is 0.0932. The number of rotatable bonds is 4. The molecule has 0 saturated carbocycles. The van der Waals surface area contributed by atoms with E-state index in [9.17, 15) is 4.79 Å². The molecule has 0 saturated heterocycles. The Bertz CT molecular complexity index is 378. The predicted molar refractivity (Wildman–Crippen MR) is 72.1 cm³/mol. The normalized spacial score (nSPS) is 13.2. The molecule has 17 heavy (non-hydrogen) atoms. The highest BCUT2D eigenvalue weighted by Crippen LogP contribution is 2.23. The monoisotopic (exact) mass is 233 g/mol. The highest BCUT2D eigenvalue weighted by Gasteiger charge is 2.30. The Hall–Kier alpha value is -1.31. The first-order valence-corrected chi connectivity index (χ1v) is 6.26. The lowest BCUT2D eigenvalue weighted by Gasteiger charge is -2.26. The number of amides is 1. The first-order chi connectivity index (χ1) is 7.87. The average Bonchev–Trinajstić information content (AvgIpc) is 2.29. The van der Waals surface area contributed by atoms with Crippen molar-refractivity contribution in [3.05, 3.63) is 35.4 Å². The van der Waals surface area contributed by atoms with Crippen molar-refractivity contribution >= 4 is 5.91 Å². The molecule has 0 spiro atoms. The molecule has 0 bridgehead atoms. The molecular weight excluding hydrogens is 210 g/mol. The van der Waals surface area contributed by atoms with Crippen molar-refractivity contribution in [1.29, 1.82) is 0 Å². The van der Waals surface area contributed by atoms with Crippen molar-refractivity contribution in [3.8, 4) is 0 Å². The van der Waals surface area contributed by atoms with Crippen LogP contribution in [0.1, 0.15) is 45.2 Å². The van der Waals surface area contributed by atoms with Gasteiger partial charge in [-0.15, -0.1) is 0 Å². The first-order valence-electron chi connectivity index (χ1n) is 6.26. The zero-order valence-electron chi connectivity index (χ0n) is 11.5. The van der Waals surface area contributed by atoms with Crippen molar-refractivity contribution < 1.29 is 4.79 Å². The maximum absolute atomic E-state index is 12.2. The van der Waals surface area contributed by atoms with Gasteiger partial charge in [-0.1, -0.05) is 36.8 Å². The summed E-state index contributed by atoms with van der Waals surface area (Å²) >= 11 is 0. The van der Waals surface area contributed by atoms with Crippen LogP contribution in [0.15, 0.2) is 24.3 Å². The third-order valence-corrected chi connectivity index (χ3v) is 3.33. The Balaban J connectivity index is 2.86. The fraction of sp³-hybridized carbons (Fsp3) is 0.533. The van der Waals surface area contributed by atoms with Gasteiger partial charge in [-0.05, 0) is 39.7 Å². The second kappa shape index (κ2) is 5.35. The fourth-order valence-electron chi connectivity index (χ4n) is 1.61. The largest absolute Gasteiger partial charge is 0.353 e. The minimum Gasteiger partial charge on any atom is -0.353 e. The molecule has 1 N–H and O–H groups in total. The molecule has 1 atom stereocenters. The van der Waals surface area contributed by atoms with Crippen LogP contribution in [0.5, 0.6) is 0 Å². The van der Waals surface area contributed by atoms with Crippen LogP contribution in [0.4, 0.5) is 0 Å². The van der Waals surface area contributed by atoms with Gasteiger partial charge in [0.1, 0.15) is 0 Å². The van der Waals surface area contributed by atoms with Crippen LogP contribution in [0, 0.1) is 6.92 Å². The summed E-state index contributed by atoms with van der Waals surface area (Å²) in [6, 6.07) is 8.39. The summed E-state index contributed by atoms with van der Waals surface area (Å²) in [5.74, 6) is 0.0932. The molecule has 1 amide bonds. The van der Waals surface area contributed by atoms with E-state index in [1.807, 2.05) is 45.0 Å². The number of benzene rings is 1. The molecule has 1 aromatic carbocycles. The fourth-order valence-corrected chi connectivity index (χ4v) is 1.61. The van der Waals surface area contributed by atoms with Gasteiger partial charge < -0.3 is 5.32 Å². The second-order valence-corrected chi connectivity index (χ2v) is 5.27. The Morgan fingerprint density at radius 3 is 2.29 bits per heavy atom. The maximum Gasteiger partial charge on any atom is 0.230 e. The van der Waals surface area contributed by atoms with Crippen molar-refractivity contribution in [2.75, 3.05) is 0 Å². The van der Waals surface area contributed by atoms with Crippen molar-refractivity contribution in [3.63, 3.8) is 0 Å². The standard InChI is InChI=1S/C15H23NO/c1-6-12(3)16-14(17)15(4,5)13-9-7-11(2)8-10-13/h7-10,12H,6H2,1-5H3,(H,16,17). The minimum atomic E-state index is -0.475. The third-order valence-electron chi connectivity index (χ3n) is 3.33. The van der Waals surface area contributed by atoms with E-state index in [1.165, 1.54) is 5.56 Å². The lowest BCUT2D eigenvalue weighted by Crippen LogP contribution is -2.43. The van der Waals surface area contributed by atoms with Crippen molar-refractivity contribution in [2.24, 2.45) is 0 Å². The molecule has 1 rings (SSSR count). The molecule has 0 fully saturated rings. The Morgan fingerprint density at radius 1 is 1.29 bits per heavy atom. The van der Waals surface area contributed by atoms with Crippen LogP contribution in [0.2, 0.25) is 0 Å². The first kappa shape index (κ1) is 13.8. The van der Waals surface area contributed by atoms with Crippen LogP contribution in [-0.4, -0.2) is 11.9 Å². The number of aryl methyl sites for hydroxylation is 1. The molecular formula is C15H23NO. The van der Waals surface area contributed by atoms with Gasteiger partial charge in [0.15, 0.2) is 0 Å². The van der Waals surface area contributed by atoms with Gasteiger partial charge in [0.2, 0.25) is 5.91 Å². The molecule has 0 radical (unpaired) electrons. The van der Waals surface area contributed by atoms with Crippen LogP contribution >= 0.6 is 0 Å². The van der Waals surface area contributed by atoms with Crippen LogP contribution in [0.25, 0.3) is 0 Å². The van der Waals surface area contributed by atoms with Crippen molar-refractivity contribution in [2.45, 2.75) is 52.5 Å². The van der Waals surface area contributed by atoms with Crippen LogP contribution < -0.4 is 5.32 Å².